The first-order valence-corrected chi connectivity index (χ1v) is 8.10. The van der Waals surface area contributed by atoms with E-state index in [2.05, 4.69) is 35.6 Å². The van der Waals surface area contributed by atoms with Crippen LogP contribution in [0.25, 0.3) is 0 Å². The summed E-state index contributed by atoms with van der Waals surface area (Å²) in [5.74, 6) is 0.703. The topological polar surface area (TPSA) is 12.0 Å². The second kappa shape index (κ2) is 4.62. The standard InChI is InChI=1S/C16H16ClNS/c17-16-8-13-14(5-6-15(13)19-16)18-9-11-7-10-3-1-2-4-12(10)11/h1-4,8,11,14,18H,5-7,9H2. The Morgan fingerprint density at radius 3 is 3.05 bits per heavy atom. The maximum atomic E-state index is 6.10. The number of aryl methyl sites for hydroxylation is 1. The molecule has 98 valence electrons. The van der Waals surface area contributed by atoms with E-state index in [9.17, 15) is 0 Å². The van der Waals surface area contributed by atoms with Gasteiger partial charge in [0.1, 0.15) is 0 Å². The Hall–Kier alpha value is -0.830. The molecule has 2 atom stereocenters. The molecule has 2 aromatic rings. The summed E-state index contributed by atoms with van der Waals surface area (Å²) in [6, 6.07) is 11.5. The van der Waals surface area contributed by atoms with Gasteiger partial charge >= 0.3 is 0 Å². The molecule has 1 N–H and O–H groups in total. The van der Waals surface area contributed by atoms with E-state index in [-0.39, 0.29) is 0 Å². The van der Waals surface area contributed by atoms with Crippen molar-refractivity contribution in [3.05, 3.63) is 56.2 Å². The highest BCUT2D eigenvalue weighted by molar-refractivity contribution is 7.16. The largest absolute Gasteiger partial charge is 0.309 e. The quantitative estimate of drug-likeness (QED) is 0.887. The molecule has 0 saturated heterocycles. The van der Waals surface area contributed by atoms with Crippen molar-refractivity contribution in [2.45, 2.75) is 31.2 Å². The van der Waals surface area contributed by atoms with E-state index in [0.717, 1.165) is 10.9 Å². The number of hydrogen-bond donors (Lipinski definition) is 1. The Morgan fingerprint density at radius 1 is 1.26 bits per heavy atom. The van der Waals surface area contributed by atoms with Gasteiger partial charge in [0.2, 0.25) is 0 Å². The molecule has 2 aliphatic carbocycles. The summed E-state index contributed by atoms with van der Waals surface area (Å²) >= 11 is 7.85. The van der Waals surface area contributed by atoms with Crippen molar-refractivity contribution < 1.29 is 0 Å². The minimum absolute atomic E-state index is 0.520. The zero-order valence-electron chi connectivity index (χ0n) is 10.7. The van der Waals surface area contributed by atoms with Crippen LogP contribution in [0.5, 0.6) is 0 Å². The molecule has 4 rings (SSSR count). The number of hydrogen-bond acceptors (Lipinski definition) is 2. The van der Waals surface area contributed by atoms with Gasteiger partial charge in [-0.15, -0.1) is 11.3 Å². The summed E-state index contributed by atoms with van der Waals surface area (Å²) in [6.45, 7) is 1.09. The molecule has 1 nitrogen and oxygen atoms in total. The Kier molecular flexibility index (Phi) is 2.91. The summed E-state index contributed by atoms with van der Waals surface area (Å²) in [4.78, 5) is 1.48. The van der Waals surface area contributed by atoms with Gasteiger partial charge in [-0.3, -0.25) is 0 Å². The minimum atomic E-state index is 0.520. The lowest BCUT2D eigenvalue weighted by atomic mass is 9.77. The highest BCUT2D eigenvalue weighted by atomic mass is 35.5. The van der Waals surface area contributed by atoms with Crippen LogP contribution in [0.1, 0.15) is 39.9 Å². The summed E-state index contributed by atoms with van der Waals surface area (Å²) in [6.07, 6.45) is 3.64. The second-order valence-electron chi connectivity index (χ2n) is 5.53. The second-order valence-corrected chi connectivity index (χ2v) is 7.30. The SMILES string of the molecule is Clc1cc2c(s1)CCC2NCC1Cc2ccccc21. The van der Waals surface area contributed by atoms with Crippen molar-refractivity contribution in [2.75, 3.05) is 6.54 Å². The Balaban J connectivity index is 1.42. The fourth-order valence-corrected chi connectivity index (χ4v) is 4.73. The van der Waals surface area contributed by atoms with Crippen LogP contribution >= 0.6 is 22.9 Å². The predicted molar refractivity (Wildman–Crippen MR) is 81.3 cm³/mol. The number of benzene rings is 1. The average molecular weight is 290 g/mol. The molecule has 0 saturated carbocycles. The Labute approximate surface area is 122 Å². The van der Waals surface area contributed by atoms with Crippen molar-refractivity contribution in [2.24, 2.45) is 0 Å². The predicted octanol–water partition coefficient (Wildman–Crippen LogP) is 4.32. The van der Waals surface area contributed by atoms with Crippen LogP contribution < -0.4 is 5.32 Å². The van der Waals surface area contributed by atoms with E-state index in [1.165, 1.54) is 40.8 Å². The molecule has 1 aromatic heterocycles. The first-order chi connectivity index (χ1) is 9.31. The maximum absolute atomic E-state index is 6.10. The number of thiophene rings is 1. The van der Waals surface area contributed by atoms with E-state index >= 15 is 0 Å². The molecule has 2 unspecified atom stereocenters. The minimum Gasteiger partial charge on any atom is -0.309 e. The van der Waals surface area contributed by atoms with Crippen LogP contribution in [-0.2, 0) is 12.8 Å². The van der Waals surface area contributed by atoms with E-state index in [4.69, 9.17) is 11.6 Å². The fraction of sp³-hybridized carbons (Fsp3) is 0.375. The molecule has 2 aliphatic rings. The van der Waals surface area contributed by atoms with Gasteiger partial charge < -0.3 is 5.32 Å². The van der Waals surface area contributed by atoms with Gasteiger partial charge in [0.15, 0.2) is 0 Å². The van der Waals surface area contributed by atoms with Gasteiger partial charge in [-0.1, -0.05) is 35.9 Å². The molecule has 0 bridgehead atoms. The molecule has 3 heteroatoms. The van der Waals surface area contributed by atoms with Gasteiger partial charge in [-0.05, 0) is 42.0 Å². The van der Waals surface area contributed by atoms with Crippen molar-refractivity contribution >= 4 is 22.9 Å². The molecule has 0 radical (unpaired) electrons. The summed E-state index contributed by atoms with van der Waals surface area (Å²) in [5.41, 5.74) is 4.51. The van der Waals surface area contributed by atoms with Gasteiger partial charge in [0, 0.05) is 23.4 Å². The molecular formula is C16H16ClNS. The average Bonchev–Trinajstić information content (AvgIpc) is 2.90. The zero-order valence-corrected chi connectivity index (χ0v) is 12.2. The van der Waals surface area contributed by atoms with Gasteiger partial charge in [-0.2, -0.15) is 0 Å². The summed E-state index contributed by atoms with van der Waals surface area (Å²) in [5, 5.41) is 3.74. The lowest BCUT2D eigenvalue weighted by Gasteiger charge is -2.31. The number of fused-ring (bicyclic) bond motifs is 2. The Bertz CT molecular complexity index is 619. The molecule has 0 spiro atoms. The van der Waals surface area contributed by atoms with Crippen LogP contribution in [0.2, 0.25) is 4.34 Å². The van der Waals surface area contributed by atoms with Crippen LogP contribution in [0.3, 0.4) is 0 Å². The monoisotopic (exact) mass is 289 g/mol. The van der Waals surface area contributed by atoms with Crippen molar-refractivity contribution in [1.82, 2.24) is 5.32 Å². The third-order valence-corrected chi connectivity index (χ3v) is 5.76. The van der Waals surface area contributed by atoms with Gasteiger partial charge in [0.25, 0.3) is 0 Å². The summed E-state index contributed by atoms with van der Waals surface area (Å²) in [7, 11) is 0. The van der Waals surface area contributed by atoms with Crippen molar-refractivity contribution in [3.63, 3.8) is 0 Å². The molecule has 19 heavy (non-hydrogen) atoms. The van der Waals surface area contributed by atoms with Crippen molar-refractivity contribution in [3.8, 4) is 0 Å². The molecule has 0 amide bonds. The number of halogens is 1. The highest BCUT2D eigenvalue weighted by Crippen LogP contribution is 2.40. The van der Waals surface area contributed by atoms with Crippen LogP contribution in [-0.4, -0.2) is 6.54 Å². The first-order valence-electron chi connectivity index (χ1n) is 6.90. The zero-order chi connectivity index (χ0) is 12.8. The highest BCUT2D eigenvalue weighted by Gasteiger charge is 2.29. The number of nitrogens with one attached hydrogen (secondary N) is 1. The number of rotatable bonds is 3. The lowest BCUT2D eigenvalue weighted by Crippen LogP contribution is -2.30. The van der Waals surface area contributed by atoms with E-state index in [1.54, 1.807) is 11.3 Å². The van der Waals surface area contributed by atoms with E-state index < -0.39 is 0 Å². The lowest BCUT2D eigenvalue weighted by molar-refractivity contribution is 0.467. The van der Waals surface area contributed by atoms with Crippen molar-refractivity contribution in [1.29, 1.82) is 0 Å². The molecule has 0 fully saturated rings. The van der Waals surface area contributed by atoms with Gasteiger partial charge in [-0.25, -0.2) is 0 Å². The van der Waals surface area contributed by atoms with Gasteiger partial charge in [0.05, 0.1) is 4.34 Å². The van der Waals surface area contributed by atoms with Crippen LogP contribution in [0.15, 0.2) is 30.3 Å². The Morgan fingerprint density at radius 2 is 2.16 bits per heavy atom. The summed E-state index contributed by atoms with van der Waals surface area (Å²) < 4.78 is 0.936. The molecular weight excluding hydrogens is 274 g/mol. The fourth-order valence-electron chi connectivity index (χ4n) is 3.37. The molecule has 1 aromatic carbocycles. The molecule has 1 heterocycles. The van der Waals surface area contributed by atoms with Crippen LogP contribution in [0, 0.1) is 0 Å². The third-order valence-electron chi connectivity index (χ3n) is 4.42. The normalized spacial score (nSPS) is 23.8. The smallest absolute Gasteiger partial charge is 0.0934 e. The van der Waals surface area contributed by atoms with Crippen LogP contribution in [0.4, 0.5) is 0 Å². The molecule has 0 aliphatic heterocycles. The van der Waals surface area contributed by atoms with E-state index in [1.807, 2.05) is 0 Å². The maximum Gasteiger partial charge on any atom is 0.0934 e. The first kappa shape index (κ1) is 12.0. The van der Waals surface area contributed by atoms with E-state index in [0.29, 0.717) is 12.0 Å². The third kappa shape index (κ3) is 2.03.